The van der Waals surface area contributed by atoms with E-state index in [2.05, 4.69) is 72.6 Å². The van der Waals surface area contributed by atoms with Gasteiger partial charge in [0.2, 0.25) is 0 Å². The van der Waals surface area contributed by atoms with Gasteiger partial charge in [0.05, 0.1) is 12.2 Å². The second-order valence-corrected chi connectivity index (χ2v) is 23.1. The van der Waals surface area contributed by atoms with Crippen molar-refractivity contribution in [2.75, 3.05) is 0 Å². The summed E-state index contributed by atoms with van der Waals surface area (Å²) >= 11 is 0. The Bertz CT molecular complexity index is 904. The molecule has 0 aromatic carbocycles. The highest BCUT2D eigenvalue weighted by molar-refractivity contribution is 6.71. The molecule has 0 heterocycles. The highest BCUT2D eigenvalue weighted by Crippen LogP contribution is 2.59. The minimum absolute atomic E-state index is 0.0730. The SMILES string of the molecule is C=C1/C(=C/C=C2\CCCC3(C)C2CCC3C(C)C=O)CC(O[Si](C)(C)CCCC)CC1O[Si](C)(C)CCCC. The van der Waals surface area contributed by atoms with Gasteiger partial charge in [-0.2, -0.15) is 0 Å². The lowest BCUT2D eigenvalue weighted by molar-refractivity contribution is -0.113. The van der Waals surface area contributed by atoms with E-state index >= 15 is 0 Å². The summed E-state index contributed by atoms with van der Waals surface area (Å²) in [7, 11) is -3.50. The Morgan fingerprint density at radius 2 is 1.67 bits per heavy atom. The Morgan fingerprint density at radius 3 is 2.28 bits per heavy atom. The molecule has 0 aliphatic heterocycles. The van der Waals surface area contributed by atoms with Crippen molar-refractivity contribution in [1.82, 2.24) is 0 Å². The molecule has 0 aromatic heterocycles. The first-order valence-electron chi connectivity index (χ1n) is 16.3. The molecular weight excluding hydrogens is 513 g/mol. The third-order valence-electron chi connectivity index (χ3n) is 10.3. The second-order valence-electron chi connectivity index (χ2n) is 14.6. The van der Waals surface area contributed by atoms with Crippen LogP contribution in [-0.4, -0.2) is 35.1 Å². The molecule has 5 heteroatoms. The van der Waals surface area contributed by atoms with Gasteiger partial charge in [0.15, 0.2) is 16.6 Å². The second kappa shape index (κ2) is 13.9. The fourth-order valence-corrected chi connectivity index (χ4v) is 12.8. The van der Waals surface area contributed by atoms with Gasteiger partial charge in [-0.15, -0.1) is 0 Å². The van der Waals surface area contributed by atoms with Crippen molar-refractivity contribution in [1.29, 1.82) is 0 Å². The molecule has 6 atom stereocenters. The first kappa shape index (κ1) is 32.8. The molecule has 222 valence electrons. The zero-order valence-electron chi connectivity index (χ0n) is 26.7. The third-order valence-corrected chi connectivity index (χ3v) is 15.3. The Hall–Kier alpha value is -0.756. The lowest BCUT2D eigenvalue weighted by atomic mass is 9.61. The Balaban J connectivity index is 1.86. The monoisotopic (exact) mass is 572 g/mol. The van der Waals surface area contributed by atoms with Gasteiger partial charge in [-0.1, -0.05) is 77.7 Å². The fourth-order valence-electron chi connectivity index (χ4n) is 8.04. The van der Waals surface area contributed by atoms with Crippen LogP contribution in [0.5, 0.6) is 0 Å². The molecule has 39 heavy (non-hydrogen) atoms. The first-order chi connectivity index (χ1) is 18.4. The summed E-state index contributed by atoms with van der Waals surface area (Å²) in [6.45, 7) is 23.3. The Kier molecular flexibility index (Phi) is 11.7. The molecule has 3 rings (SSSR count). The number of carbonyl (C=O) groups excluding carboxylic acids is 1. The zero-order chi connectivity index (χ0) is 28.8. The fraction of sp³-hybridized carbons (Fsp3) is 0.794. The van der Waals surface area contributed by atoms with E-state index in [0.29, 0.717) is 11.8 Å². The van der Waals surface area contributed by atoms with Gasteiger partial charge in [-0.3, -0.25) is 0 Å². The van der Waals surface area contributed by atoms with Crippen LogP contribution in [0.2, 0.25) is 38.3 Å². The van der Waals surface area contributed by atoms with Gasteiger partial charge >= 0.3 is 0 Å². The van der Waals surface area contributed by atoms with Crippen molar-refractivity contribution in [2.24, 2.45) is 23.2 Å². The van der Waals surface area contributed by atoms with Crippen LogP contribution >= 0.6 is 0 Å². The van der Waals surface area contributed by atoms with E-state index in [1.165, 1.54) is 87.3 Å². The quantitative estimate of drug-likeness (QED) is 0.163. The summed E-state index contributed by atoms with van der Waals surface area (Å²) in [6, 6.07) is 2.44. The van der Waals surface area contributed by atoms with Crippen LogP contribution in [-0.2, 0) is 13.6 Å². The molecule has 0 spiro atoms. The summed E-state index contributed by atoms with van der Waals surface area (Å²) in [4.78, 5) is 11.7. The maximum absolute atomic E-state index is 11.7. The molecule has 0 bridgehead atoms. The minimum atomic E-state index is -1.77. The Labute approximate surface area is 243 Å². The van der Waals surface area contributed by atoms with Gasteiger partial charge in [-0.05, 0) is 105 Å². The molecule has 3 aliphatic carbocycles. The summed E-state index contributed by atoms with van der Waals surface area (Å²) in [6.07, 6.45) is 19.3. The Morgan fingerprint density at radius 1 is 1.03 bits per heavy atom. The van der Waals surface area contributed by atoms with Crippen LogP contribution in [0.15, 0.2) is 35.5 Å². The zero-order valence-corrected chi connectivity index (χ0v) is 28.7. The average Bonchev–Trinajstić information content (AvgIpc) is 3.24. The highest BCUT2D eigenvalue weighted by atomic mass is 28.4. The van der Waals surface area contributed by atoms with Crippen LogP contribution in [0.3, 0.4) is 0 Å². The van der Waals surface area contributed by atoms with Crippen LogP contribution in [0.25, 0.3) is 0 Å². The number of aldehydes is 1. The van der Waals surface area contributed by atoms with Crippen LogP contribution in [0.1, 0.15) is 98.3 Å². The predicted octanol–water partition coefficient (Wildman–Crippen LogP) is 10.0. The largest absolute Gasteiger partial charge is 0.414 e. The number of hydrogen-bond acceptors (Lipinski definition) is 3. The van der Waals surface area contributed by atoms with E-state index < -0.39 is 16.6 Å². The summed E-state index contributed by atoms with van der Waals surface area (Å²) in [5.41, 5.74) is 4.38. The van der Waals surface area contributed by atoms with Gasteiger partial charge in [-0.25, -0.2) is 0 Å². The maximum atomic E-state index is 11.7. The van der Waals surface area contributed by atoms with Gasteiger partial charge in [0, 0.05) is 12.3 Å². The van der Waals surface area contributed by atoms with Crippen molar-refractivity contribution in [2.45, 2.75) is 149 Å². The normalized spacial score (nSPS) is 33.0. The molecule has 3 saturated carbocycles. The maximum Gasteiger partial charge on any atom is 0.187 e. The number of rotatable bonds is 13. The van der Waals surface area contributed by atoms with Crippen LogP contribution in [0, 0.1) is 23.2 Å². The van der Waals surface area contributed by atoms with Crippen LogP contribution in [0.4, 0.5) is 0 Å². The lowest BCUT2D eigenvalue weighted by Crippen LogP contribution is -2.44. The lowest BCUT2D eigenvalue weighted by Gasteiger charge is -2.43. The van der Waals surface area contributed by atoms with E-state index in [9.17, 15) is 4.79 Å². The third kappa shape index (κ3) is 8.39. The first-order valence-corrected chi connectivity index (χ1v) is 22.5. The van der Waals surface area contributed by atoms with Crippen molar-refractivity contribution in [3.05, 3.63) is 35.5 Å². The number of fused-ring (bicyclic) bond motifs is 1. The smallest absolute Gasteiger partial charge is 0.187 e. The van der Waals surface area contributed by atoms with E-state index in [1.54, 1.807) is 5.57 Å². The van der Waals surface area contributed by atoms with E-state index in [1.807, 2.05) is 0 Å². The average molecular weight is 573 g/mol. The molecule has 3 fully saturated rings. The summed E-state index contributed by atoms with van der Waals surface area (Å²) in [5.74, 6) is 1.28. The predicted molar refractivity (Wildman–Crippen MR) is 172 cm³/mol. The molecular formula is C34H60O3Si2. The molecule has 0 amide bonds. The molecule has 0 aromatic rings. The topological polar surface area (TPSA) is 35.5 Å². The van der Waals surface area contributed by atoms with Gasteiger partial charge in [0.1, 0.15) is 6.29 Å². The van der Waals surface area contributed by atoms with Crippen molar-refractivity contribution >= 4 is 22.9 Å². The molecule has 3 aliphatic rings. The number of unbranched alkanes of at least 4 members (excludes halogenated alkanes) is 2. The molecule has 0 N–H and O–H groups in total. The standard InChI is InChI=1S/C34H60O3Si2/c1-10-12-21-38(6,7)36-30-23-29(27(4)33(24-30)37-39(8,9)22-13-11-2)17-16-28-15-14-20-34(5)31(26(3)25-35)18-19-32(28)34/h16-17,25-26,30-33H,4,10-15,18-24H2,1-3,5-9H3/b28-16+,29-17+. The molecule has 0 saturated heterocycles. The van der Waals surface area contributed by atoms with Crippen molar-refractivity contribution in [3.63, 3.8) is 0 Å². The van der Waals surface area contributed by atoms with E-state index in [-0.39, 0.29) is 23.5 Å². The summed E-state index contributed by atoms with van der Waals surface area (Å²) < 4.78 is 13.9. The minimum Gasteiger partial charge on any atom is -0.414 e. The van der Waals surface area contributed by atoms with Gasteiger partial charge < -0.3 is 13.6 Å². The molecule has 0 radical (unpaired) electrons. The number of allylic oxidation sites excluding steroid dienone is 3. The highest BCUT2D eigenvalue weighted by Gasteiger charge is 2.50. The van der Waals surface area contributed by atoms with Crippen molar-refractivity contribution in [3.8, 4) is 0 Å². The number of carbonyl (C=O) groups is 1. The molecule has 6 unspecified atom stereocenters. The number of hydrogen-bond donors (Lipinski definition) is 0. The van der Waals surface area contributed by atoms with E-state index in [4.69, 9.17) is 8.85 Å². The van der Waals surface area contributed by atoms with Crippen molar-refractivity contribution < 1.29 is 13.6 Å². The molecule has 3 nitrogen and oxygen atoms in total. The van der Waals surface area contributed by atoms with Gasteiger partial charge in [0.25, 0.3) is 0 Å². The van der Waals surface area contributed by atoms with E-state index in [0.717, 1.165) is 12.8 Å². The van der Waals surface area contributed by atoms with Crippen LogP contribution < -0.4 is 0 Å². The summed E-state index contributed by atoms with van der Waals surface area (Å²) in [5, 5.41) is 0.